The van der Waals surface area contributed by atoms with Crippen molar-refractivity contribution in [3.05, 3.63) is 36.6 Å². The van der Waals surface area contributed by atoms with Gasteiger partial charge in [-0.05, 0) is 30.5 Å². The molecule has 24 heavy (non-hydrogen) atoms. The topological polar surface area (TPSA) is 76.0 Å². The Bertz CT molecular complexity index is 765. The number of ether oxygens (including phenoxy) is 1. The van der Waals surface area contributed by atoms with Gasteiger partial charge in [-0.15, -0.1) is 0 Å². The Morgan fingerprint density at radius 2 is 2.21 bits per heavy atom. The van der Waals surface area contributed by atoms with Gasteiger partial charge in [-0.3, -0.25) is 0 Å². The molecule has 1 atom stereocenters. The van der Waals surface area contributed by atoms with Gasteiger partial charge >= 0.3 is 0 Å². The maximum Gasteiger partial charge on any atom is 0.181 e. The summed E-state index contributed by atoms with van der Waals surface area (Å²) in [5, 5.41) is 3.52. The standard InChI is InChI=1S/C18H24N4O2/c1-12(2)8-16(20-6-7-23-3)18-21-14-5-4-13(9-15(14)22-18)17-10-19-11-24-17/h4-5,9-12,16,20H,6-8H2,1-3H3,(H,21,22). The number of hydrogen-bond donors (Lipinski definition) is 2. The number of imidazole rings is 1. The zero-order chi connectivity index (χ0) is 16.9. The molecule has 0 aliphatic heterocycles. The number of rotatable bonds is 8. The number of hydrogen-bond acceptors (Lipinski definition) is 5. The number of methoxy groups -OCH3 is 1. The molecule has 0 bridgehead atoms. The summed E-state index contributed by atoms with van der Waals surface area (Å²) in [6.07, 6.45) is 4.17. The van der Waals surface area contributed by atoms with Crippen LogP contribution in [0.3, 0.4) is 0 Å². The Morgan fingerprint density at radius 1 is 1.33 bits per heavy atom. The van der Waals surface area contributed by atoms with Crippen molar-refractivity contribution < 1.29 is 9.15 Å². The molecule has 3 rings (SSSR count). The third kappa shape index (κ3) is 3.83. The van der Waals surface area contributed by atoms with Crippen LogP contribution in [-0.4, -0.2) is 35.2 Å². The van der Waals surface area contributed by atoms with Gasteiger partial charge in [0.1, 0.15) is 5.82 Å². The van der Waals surface area contributed by atoms with E-state index in [0.29, 0.717) is 12.5 Å². The van der Waals surface area contributed by atoms with Crippen molar-refractivity contribution in [2.24, 2.45) is 5.92 Å². The van der Waals surface area contributed by atoms with Crippen molar-refractivity contribution in [3.63, 3.8) is 0 Å². The lowest BCUT2D eigenvalue weighted by molar-refractivity contribution is 0.193. The molecule has 1 aromatic carbocycles. The zero-order valence-electron chi connectivity index (χ0n) is 14.4. The van der Waals surface area contributed by atoms with Crippen LogP contribution in [0.15, 0.2) is 35.2 Å². The third-order valence-corrected chi connectivity index (χ3v) is 3.95. The molecular weight excluding hydrogens is 304 g/mol. The molecule has 2 heterocycles. The van der Waals surface area contributed by atoms with Crippen molar-refractivity contribution >= 4 is 11.0 Å². The second kappa shape index (κ2) is 7.59. The molecule has 0 aliphatic carbocycles. The fraction of sp³-hybridized carbons (Fsp3) is 0.444. The van der Waals surface area contributed by atoms with E-state index in [4.69, 9.17) is 14.1 Å². The van der Waals surface area contributed by atoms with Crippen LogP contribution in [0.1, 0.15) is 32.1 Å². The van der Waals surface area contributed by atoms with Crippen LogP contribution in [0.2, 0.25) is 0 Å². The average Bonchev–Trinajstić information content (AvgIpc) is 3.22. The number of H-pyrrole nitrogens is 1. The fourth-order valence-corrected chi connectivity index (χ4v) is 2.80. The zero-order valence-corrected chi connectivity index (χ0v) is 14.4. The number of fused-ring (bicyclic) bond motifs is 1. The summed E-state index contributed by atoms with van der Waals surface area (Å²) in [5.74, 6) is 2.29. The van der Waals surface area contributed by atoms with Crippen LogP contribution in [0.4, 0.5) is 0 Å². The van der Waals surface area contributed by atoms with Crippen molar-refractivity contribution in [2.45, 2.75) is 26.3 Å². The van der Waals surface area contributed by atoms with Gasteiger partial charge in [0.2, 0.25) is 0 Å². The van der Waals surface area contributed by atoms with Crippen LogP contribution in [-0.2, 0) is 4.74 Å². The molecular formula is C18H24N4O2. The van der Waals surface area contributed by atoms with Crippen molar-refractivity contribution in [2.75, 3.05) is 20.3 Å². The van der Waals surface area contributed by atoms with Gasteiger partial charge in [0.15, 0.2) is 12.2 Å². The monoisotopic (exact) mass is 328 g/mol. The maximum absolute atomic E-state index is 5.37. The number of nitrogens with zero attached hydrogens (tertiary/aromatic N) is 2. The minimum absolute atomic E-state index is 0.182. The molecule has 6 heteroatoms. The maximum atomic E-state index is 5.37. The molecule has 0 spiro atoms. The van der Waals surface area contributed by atoms with E-state index in [1.807, 2.05) is 18.2 Å². The first kappa shape index (κ1) is 16.7. The van der Waals surface area contributed by atoms with E-state index in [1.54, 1.807) is 13.3 Å². The molecule has 2 N–H and O–H groups in total. The average molecular weight is 328 g/mol. The predicted molar refractivity (Wildman–Crippen MR) is 93.7 cm³/mol. The molecule has 3 aromatic rings. The van der Waals surface area contributed by atoms with Crippen molar-refractivity contribution in [1.82, 2.24) is 20.3 Å². The van der Waals surface area contributed by atoms with E-state index in [1.165, 1.54) is 6.39 Å². The summed E-state index contributed by atoms with van der Waals surface area (Å²) in [4.78, 5) is 12.2. The third-order valence-electron chi connectivity index (χ3n) is 3.95. The minimum Gasteiger partial charge on any atom is -0.444 e. The van der Waals surface area contributed by atoms with Crippen LogP contribution in [0, 0.1) is 5.92 Å². The number of nitrogens with one attached hydrogen (secondary N) is 2. The summed E-state index contributed by atoms with van der Waals surface area (Å²) in [6.45, 7) is 5.92. The van der Waals surface area contributed by atoms with E-state index in [9.17, 15) is 0 Å². The van der Waals surface area contributed by atoms with Crippen molar-refractivity contribution in [3.8, 4) is 11.3 Å². The first-order valence-corrected chi connectivity index (χ1v) is 8.28. The number of aromatic nitrogens is 3. The Morgan fingerprint density at radius 3 is 2.92 bits per heavy atom. The largest absolute Gasteiger partial charge is 0.444 e. The second-order valence-electron chi connectivity index (χ2n) is 6.35. The molecule has 0 radical (unpaired) electrons. The van der Waals surface area contributed by atoms with Gasteiger partial charge in [0.25, 0.3) is 0 Å². The number of oxazole rings is 1. The molecule has 128 valence electrons. The van der Waals surface area contributed by atoms with Gasteiger partial charge in [0.05, 0.1) is 29.9 Å². The SMILES string of the molecule is COCCNC(CC(C)C)c1nc2ccc(-c3cnco3)cc2[nH]1. The summed E-state index contributed by atoms with van der Waals surface area (Å²) >= 11 is 0. The molecule has 0 fully saturated rings. The Balaban J connectivity index is 1.86. The molecule has 0 saturated carbocycles. The Kier molecular flexibility index (Phi) is 5.27. The van der Waals surface area contributed by atoms with Gasteiger partial charge in [0, 0.05) is 19.2 Å². The highest BCUT2D eigenvalue weighted by Gasteiger charge is 2.17. The quantitative estimate of drug-likeness (QED) is 0.619. The lowest BCUT2D eigenvalue weighted by Gasteiger charge is -2.18. The van der Waals surface area contributed by atoms with Crippen LogP contribution >= 0.6 is 0 Å². The highest BCUT2D eigenvalue weighted by molar-refractivity contribution is 5.80. The van der Waals surface area contributed by atoms with E-state index >= 15 is 0 Å². The molecule has 6 nitrogen and oxygen atoms in total. The van der Waals surface area contributed by atoms with Gasteiger partial charge < -0.3 is 19.5 Å². The number of aromatic amines is 1. The van der Waals surface area contributed by atoms with Crippen LogP contribution < -0.4 is 5.32 Å². The fourth-order valence-electron chi connectivity index (χ4n) is 2.80. The summed E-state index contributed by atoms with van der Waals surface area (Å²) in [7, 11) is 1.71. The Hall–Kier alpha value is -2.18. The Labute approximate surface area is 141 Å². The van der Waals surface area contributed by atoms with Crippen LogP contribution in [0.25, 0.3) is 22.4 Å². The molecule has 0 aliphatic rings. The van der Waals surface area contributed by atoms with Gasteiger partial charge in [-0.2, -0.15) is 0 Å². The van der Waals surface area contributed by atoms with Gasteiger partial charge in [-0.25, -0.2) is 9.97 Å². The smallest absolute Gasteiger partial charge is 0.181 e. The molecule has 1 unspecified atom stereocenters. The lowest BCUT2D eigenvalue weighted by Crippen LogP contribution is -2.27. The van der Waals surface area contributed by atoms with Crippen molar-refractivity contribution in [1.29, 1.82) is 0 Å². The van der Waals surface area contributed by atoms with E-state index in [0.717, 1.165) is 41.1 Å². The molecule has 0 saturated heterocycles. The summed E-state index contributed by atoms with van der Waals surface area (Å²) in [6, 6.07) is 6.24. The van der Waals surface area contributed by atoms with E-state index in [2.05, 4.69) is 29.1 Å². The normalized spacial score (nSPS) is 13.0. The first-order chi connectivity index (χ1) is 11.7. The second-order valence-corrected chi connectivity index (χ2v) is 6.35. The minimum atomic E-state index is 0.182. The summed E-state index contributed by atoms with van der Waals surface area (Å²) < 4.78 is 10.5. The van der Waals surface area contributed by atoms with Gasteiger partial charge in [-0.1, -0.05) is 13.8 Å². The summed E-state index contributed by atoms with van der Waals surface area (Å²) in [5.41, 5.74) is 2.94. The highest BCUT2D eigenvalue weighted by Crippen LogP contribution is 2.26. The molecule has 2 aromatic heterocycles. The van der Waals surface area contributed by atoms with E-state index in [-0.39, 0.29) is 6.04 Å². The highest BCUT2D eigenvalue weighted by atomic mass is 16.5. The van der Waals surface area contributed by atoms with Crippen LogP contribution in [0.5, 0.6) is 0 Å². The first-order valence-electron chi connectivity index (χ1n) is 8.28. The predicted octanol–water partition coefficient (Wildman–Crippen LogP) is 3.54. The lowest BCUT2D eigenvalue weighted by atomic mass is 10.0. The van der Waals surface area contributed by atoms with E-state index < -0.39 is 0 Å². The number of benzene rings is 1. The molecule has 0 amide bonds.